The van der Waals surface area contributed by atoms with E-state index in [1.807, 2.05) is 31.2 Å². The van der Waals surface area contributed by atoms with Crippen molar-refractivity contribution < 1.29 is 9.53 Å². The molecule has 0 fully saturated rings. The zero-order valence-corrected chi connectivity index (χ0v) is 17.3. The molecule has 28 heavy (non-hydrogen) atoms. The topological polar surface area (TPSA) is 50.4 Å². The lowest BCUT2D eigenvalue weighted by Crippen LogP contribution is -2.31. The van der Waals surface area contributed by atoms with Gasteiger partial charge in [-0.2, -0.15) is 0 Å². The van der Waals surface area contributed by atoms with Crippen LogP contribution in [0.25, 0.3) is 0 Å². The van der Waals surface area contributed by atoms with Crippen LogP contribution in [0.1, 0.15) is 34.5 Å². The second-order valence-corrected chi connectivity index (χ2v) is 7.66. The lowest BCUT2D eigenvalue weighted by atomic mass is 10.0. The van der Waals surface area contributed by atoms with E-state index in [-0.39, 0.29) is 18.5 Å². The van der Waals surface area contributed by atoms with Gasteiger partial charge in [-0.3, -0.25) is 10.1 Å². The summed E-state index contributed by atoms with van der Waals surface area (Å²) >= 11 is 1.69. The number of methoxy groups -OCH3 is 1. The van der Waals surface area contributed by atoms with Gasteiger partial charge in [0.15, 0.2) is 0 Å². The number of hydrogen-bond donors (Lipinski definition) is 2. The van der Waals surface area contributed by atoms with Crippen molar-refractivity contribution in [1.29, 1.82) is 0 Å². The molecule has 0 aliphatic carbocycles. The van der Waals surface area contributed by atoms with E-state index in [4.69, 9.17) is 4.74 Å². The third kappa shape index (κ3) is 5.00. The van der Waals surface area contributed by atoms with Crippen molar-refractivity contribution >= 4 is 22.9 Å². The highest BCUT2D eigenvalue weighted by Crippen LogP contribution is 2.27. The van der Waals surface area contributed by atoms with Gasteiger partial charge in [0.05, 0.1) is 25.4 Å². The van der Waals surface area contributed by atoms with Gasteiger partial charge in [-0.1, -0.05) is 43.3 Å². The number of benzene rings is 2. The highest BCUT2D eigenvalue weighted by molar-refractivity contribution is 7.10. The summed E-state index contributed by atoms with van der Waals surface area (Å²) in [7, 11) is 1.60. The molecule has 146 valence electrons. The van der Waals surface area contributed by atoms with Crippen molar-refractivity contribution in [2.24, 2.45) is 0 Å². The van der Waals surface area contributed by atoms with E-state index in [0.717, 1.165) is 17.5 Å². The summed E-state index contributed by atoms with van der Waals surface area (Å²) in [6.45, 7) is 4.34. The zero-order valence-electron chi connectivity index (χ0n) is 16.5. The smallest absolute Gasteiger partial charge is 0.238 e. The molecule has 0 saturated carbocycles. The molecule has 0 spiro atoms. The molecule has 0 aliphatic rings. The van der Waals surface area contributed by atoms with Gasteiger partial charge in [0.2, 0.25) is 5.91 Å². The SMILES string of the molecule is CCc1ccc(C(NCC(=O)Nc2cc(C)ccc2OC)c2cccs2)cc1. The van der Waals surface area contributed by atoms with Crippen molar-refractivity contribution in [2.45, 2.75) is 26.3 Å². The molecule has 5 heteroatoms. The maximum atomic E-state index is 12.6. The van der Waals surface area contributed by atoms with Crippen molar-refractivity contribution in [3.63, 3.8) is 0 Å². The Hall–Kier alpha value is -2.63. The fraction of sp³-hybridized carbons (Fsp3) is 0.261. The van der Waals surface area contributed by atoms with Gasteiger partial charge in [-0.15, -0.1) is 11.3 Å². The first-order chi connectivity index (χ1) is 13.6. The number of hydrogen-bond acceptors (Lipinski definition) is 4. The molecule has 2 N–H and O–H groups in total. The maximum absolute atomic E-state index is 12.6. The van der Waals surface area contributed by atoms with Gasteiger partial charge in [-0.25, -0.2) is 0 Å². The summed E-state index contributed by atoms with van der Waals surface area (Å²) in [6.07, 6.45) is 1.01. The molecule has 0 aliphatic heterocycles. The Morgan fingerprint density at radius 1 is 1.14 bits per heavy atom. The lowest BCUT2D eigenvalue weighted by molar-refractivity contribution is -0.115. The minimum absolute atomic E-state index is 0.0175. The van der Waals surface area contributed by atoms with Crippen LogP contribution in [-0.2, 0) is 11.2 Å². The van der Waals surface area contributed by atoms with Crippen LogP contribution in [0.3, 0.4) is 0 Å². The zero-order chi connectivity index (χ0) is 19.9. The monoisotopic (exact) mass is 394 g/mol. The maximum Gasteiger partial charge on any atom is 0.238 e. The Kier molecular flexibility index (Phi) is 6.85. The lowest BCUT2D eigenvalue weighted by Gasteiger charge is -2.19. The Morgan fingerprint density at radius 3 is 2.57 bits per heavy atom. The number of nitrogens with one attached hydrogen (secondary N) is 2. The highest BCUT2D eigenvalue weighted by atomic mass is 32.1. The van der Waals surface area contributed by atoms with Crippen LogP contribution in [-0.4, -0.2) is 19.6 Å². The number of rotatable bonds is 8. The van der Waals surface area contributed by atoms with Crippen LogP contribution >= 0.6 is 11.3 Å². The van der Waals surface area contributed by atoms with Gasteiger partial charge in [0, 0.05) is 4.88 Å². The third-order valence-electron chi connectivity index (χ3n) is 4.64. The van der Waals surface area contributed by atoms with Gasteiger partial charge in [-0.05, 0) is 53.6 Å². The van der Waals surface area contributed by atoms with Crippen molar-refractivity contribution in [1.82, 2.24) is 5.32 Å². The first kappa shape index (κ1) is 20.1. The average Bonchev–Trinajstić information content (AvgIpc) is 3.23. The normalized spacial score (nSPS) is 11.8. The van der Waals surface area contributed by atoms with Crippen LogP contribution in [0, 0.1) is 6.92 Å². The second kappa shape index (κ2) is 9.53. The van der Waals surface area contributed by atoms with E-state index in [2.05, 4.69) is 53.3 Å². The molecule has 1 amide bonds. The van der Waals surface area contributed by atoms with Gasteiger partial charge in [0.25, 0.3) is 0 Å². The molecule has 1 unspecified atom stereocenters. The van der Waals surface area contributed by atoms with Crippen LogP contribution in [0.2, 0.25) is 0 Å². The number of aryl methyl sites for hydroxylation is 2. The predicted octanol–water partition coefficient (Wildman–Crippen LogP) is 4.95. The fourth-order valence-electron chi connectivity index (χ4n) is 3.09. The molecule has 4 nitrogen and oxygen atoms in total. The van der Waals surface area contributed by atoms with E-state index in [1.54, 1.807) is 18.4 Å². The fourth-order valence-corrected chi connectivity index (χ4v) is 3.92. The van der Waals surface area contributed by atoms with E-state index < -0.39 is 0 Å². The number of thiophene rings is 1. The molecule has 1 aromatic heterocycles. The summed E-state index contributed by atoms with van der Waals surface area (Å²) in [6, 6.07) is 18.4. The van der Waals surface area contributed by atoms with E-state index in [0.29, 0.717) is 11.4 Å². The van der Waals surface area contributed by atoms with E-state index in [9.17, 15) is 4.79 Å². The molecular weight excluding hydrogens is 368 g/mol. The molecule has 0 radical (unpaired) electrons. The molecule has 1 atom stereocenters. The summed E-state index contributed by atoms with van der Waals surface area (Å²) in [5, 5.41) is 8.41. The molecule has 3 aromatic rings. The Labute approximate surface area is 170 Å². The average molecular weight is 395 g/mol. The summed E-state index contributed by atoms with van der Waals surface area (Å²) in [5.41, 5.74) is 4.21. The first-order valence-corrected chi connectivity index (χ1v) is 10.3. The molecule has 2 aromatic carbocycles. The second-order valence-electron chi connectivity index (χ2n) is 6.68. The summed E-state index contributed by atoms with van der Waals surface area (Å²) in [5.74, 6) is 0.555. The quantitative estimate of drug-likeness (QED) is 0.569. The van der Waals surface area contributed by atoms with Gasteiger partial charge < -0.3 is 10.1 Å². The third-order valence-corrected chi connectivity index (χ3v) is 5.58. The number of carbonyl (C=O) groups is 1. The Morgan fingerprint density at radius 2 is 1.93 bits per heavy atom. The van der Waals surface area contributed by atoms with Gasteiger partial charge >= 0.3 is 0 Å². The van der Waals surface area contributed by atoms with Crippen molar-refractivity contribution in [3.8, 4) is 5.75 Å². The number of anilines is 1. The van der Waals surface area contributed by atoms with Crippen LogP contribution in [0.15, 0.2) is 60.0 Å². The molecule has 0 bridgehead atoms. The number of carbonyl (C=O) groups excluding carboxylic acids is 1. The van der Waals surface area contributed by atoms with Crippen LogP contribution in [0.5, 0.6) is 5.75 Å². The Bertz CT molecular complexity index is 905. The van der Waals surface area contributed by atoms with Crippen molar-refractivity contribution in [2.75, 3.05) is 19.0 Å². The minimum atomic E-state index is -0.101. The van der Waals surface area contributed by atoms with E-state index in [1.165, 1.54) is 10.4 Å². The standard InChI is InChI=1S/C23H26N2O2S/c1-4-17-8-10-18(11-9-17)23(21-6-5-13-28-21)24-15-22(26)25-19-14-16(2)7-12-20(19)27-3/h5-14,23-24H,4,15H2,1-3H3,(H,25,26). The molecular formula is C23H26N2O2S. The largest absolute Gasteiger partial charge is 0.495 e. The first-order valence-electron chi connectivity index (χ1n) is 9.40. The van der Waals surface area contributed by atoms with E-state index >= 15 is 0 Å². The van der Waals surface area contributed by atoms with Gasteiger partial charge in [0.1, 0.15) is 5.75 Å². The molecule has 0 saturated heterocycles. The van der Waals surface area contributed by atoms with Crippen molar-refractivity contribution in [3.05, 3.63) is 81.5 Å². The molecule has 3 rings (SSSR count). The minimum Gasteiger partial charge on any atom is -0.495 e. The Balaban J connectivity index is 1.71. The number of ether oxygens (including phenoxy) is 1. The molecule has 1 heterocycles. The van der Waals surface area contributed by atoms with Crippen LogP contribution in [0.4, 0.5) is 5.69 Å². The predicted molar refractivity (Wildman–Crippen MR) is 116 cm³/mol. The summed E-state index contributed by atoms with van der Waals surface area (Å²) in [4.78, 5) is 13.8. The summed E-state index contributed by atoms with van der Waals surface area (Å²) < 4.78 is 5.34. The highest BCUT2D eigenvalue weighted by Gasteiger charge is 2.17. The van der Waals surface area contributed by atoms with Crippen LogP contribution < -0.4 is 15.4 Å². The number of amides is 1.